The van der Waals surface area contributed by atoms with E-state index in [1.165, 1.54) is 6.92 Å². The fourth-order valence-electron chi connectivity index (χ4n) is 3.54. The number of hydrogen-bond donors (Lipinski definition) is 2. The van der Waals surface area contributed by atoms with Gasteiger partial charge in [0.1, 0.15) is 24.6 Å². The Morgan fingerprint density at radius 3 is 2.60 bits per heavy atom. The van der Waals surface area contributed by atoms with E-state index in [-0.39, 0.29) is 13.0 Å². The van der Waals surface area contributed by atoms with Gasteiger partial charge in [-0.2, -0.15) is 0 Å². The average molecular weight is 435 g/mol. The van der Waals surface area contributed by atoms with Gasteiger partial charge >= 0.3 is 5.97 Å². The van der Waals surface area contributed by atoms with Gasteiger partial charge in [-0.3, -0.25) is 4.79 Å². The van der Waals surface area contributed by atoms with Gasteiger partial charge < -0.3 is 24.4 Å². The Balaban J connectivity index is 1.77. The smallest absolute Gasteiger partial charge is 0.302 e. The van der Waals surface area contributed by atoms with Crippen molar-refractivity contribution in [3.05, 3.63) is 64.2 Å². The van der Waals surface area contributed by atoms with Crippen molar-refractivity contribution in [1.29, 1.82) is 0 Å². The highest BCUT2D eigenvalue weighted by atomic mass is 35.5. The summed E-state index contributed by atoms with van der Waals surface area (Å²) in [7, 11) is 0. The third kappa shape index (κ3) is 5.73. The number of carbonyl (C=O) groups excluding carboxylic acids is 1. The fourth-order valence-corrected chi connectivity index (χ4v) is 3.73. The highest BCUT2D eigenvalue weighted by molar-refractivity contribution is 6.31. The number of rotatable bonds is 7. The number of carbonyl (C=O) groups is 1. The number of halogens is 1. The normalized spacial score (nSPS) is 23.8. The topological polar surface area (TPSA) is 85.2 Å². The molecule has 0 amide bonds. The minimum Gasteiger partial charge on any atom is -0.494 e. The van der Waals surface area contributed by atoms with Gasteiger partial charge in [0.15, 0.2) is 0 Å². The number of benzene rings is 2. The molecule has 0 saturated carbocycles. The van der Waals surface area contributed by atoms with Crippen LogP contribution in [0.3, 0.4) is 0 Å². The summed E-state index contributed by atoms with van der Waals surface area (Å²) < 4.78 is 16.4. The Hall–Kier alpha value is -2.12. The van der Waals surface area contributed by atoms with Crippen LogP contribution in [0.5, 0.6) is 5.75 Å². The zero-order valence-corrected chi connectivity index (χ0v) is 17.8. The second kappa shape index (κ2) is 10.3. The van der Waals surface area contributed by atoms with Crippen LogP contribution in [0.2, 0.25) is 5.02 Å². The minimum absolute atomic E-state index is 0.0300. The van der Waals surface area contributed by atoms with Crippen LogP contribution in [0, 0.1) is 0 Å². The van der Waals surface area contributed by atoms with E-state index >= 15 is 0 Å². The number of hydrogen-bond acceptors (Lipinski definition) is 6. The molecule has 0 aliphatic carbocycles. The van der Waals surface area contributed by atoms with Gasteiger partial charge in [-0.25, -0.2) is 0 Å². The first-order valence-corrected chi connectivity index (χ1v) is 10.4. The van der Waals surface area contributed by atoms with E-state index in [0.29, 0.717) is 23.6 Å². The van der Waals surface area contributed by atoms with Crippen LogP contribution < -0.4 is 4.74 Å². The van der Waals surface area contributed by atoms with Crippen LogP contribution in [0.25, 0.3) is 0 Å². The molecule has 2 N–H and O–H groups in total. The van der Waals surface area contributed by atoms with E-state index in [9.17, 15) is 15.0 Å². The van der Waals surface area contributed by atoms with Gasteiger partial charge in [-0.15, -0.1) is 0 Å². The first kappa shape index (κ1) is 22.6. The molecule has 1 fully saturated rings. The highest BCUT2D eigenvalue weighted by Crippen LogP contribution is 2.34. The van der Waals surface area contributed by atoms with Crippen molar-refractivity contribution in [2.75, 3.05) is 13.2 Å². The monoisotopic (exact) mass is 434 g/mol. The van der Waals surface area contributed by atoms with Crippen LogP contribution in [0.1, 0.15) is 43.1 Å². The largest absolute Gasteiger partial charge is 0.494 e. The van der Waals surface area contributed by atoms with Gasteiger partial charge in [-0.1, -0.05) is 35.9 Å². The Morgan fingerprint density at radius 2 is 1.93 bits per heavy atom. The van der Waals surface area contributed by atoms with E-state index in [0.717, 1.165) is 16.9 Å². The Bertz CT molecular complexity index is 853. The summed E-state index contributed by atoms with van der Waals surface area (Å²) >= 11 is 6.41. The molecule has 2 aromatic rings. The molecule has 1 aliphatic rings. The molecule has 2 aromatic carbocycles. The second-order valence-corrected chi connectivity index (χ2v) is 7.79. The molecule has 0 radical (unpaired) electrons. The molecular weight excluding hydrogens is 408 g/mol. The van der Waals surface area contributed by atoms with Crippen LogP contribution in [-0.4, -0.2) is 47.7 Å². The lowest BCUT2D eigenvalue weighted by molar-refractivity contribution is -0.187. The first-order chi connectivity index (χ1) is 14.4. The lowest BCUT2D eigenvalue weighted by Crippen LogP contribution is -2.45. The molecule has 6 nitrogen and oxygen atoms in total. The number of aliphatic hydroxyl groups excluding tert-OH is 2. The van der Waals surface area contributed by atoms with Crippen LogP contribution in [-0.2, 0) is 20.7 Å². The fraction of sp³-hybridized carbons (Fsp3) is 0.435. The Morgan fingerprint density at radius 1 is 1.20 bits per heavy atom. The molecule has 1 heterocycles. The lowest BCUT2D eigenvalue weighted by Gasteiger charge is -2.37. The number of esters is 1. The van der Waals surface area contributed by atoms with E-state index in [1.807, 2.05) is 37.3 Å². The van der Waals surface area contributed by atoms with Crippen LogP contribution >= 0.6 is 11.6 Å². The third-order valence-electron chi connectivity index (χ3n) is 5.05. The molecule has 3 rings (SSSR count). The predicted octanol–water partition coefficient (Wildman–Crippen LogP) is 3.44. The zero-order valence-electron chi connectivity index (χ0n) is 17.1. The summed E-state index contributed by atoms with van der Waals surface area (Å²) in [5.41, 5.74) is 2.65. The van der Waals surface area contributed by atoms with E-state index < -0.39 is 30.4 Å². The first-order valence-electron chi connectivity index (χ1n) is 10.0. The summed E-state index contributed by atoms with van der Waals surface area (Å²) in [5.74, 6) is 0.396. The van der Waals surface area contributed by atoms with Crippen LogP contribution in [0.15, 0.2) is 42.5 Å². The summed E-state index contributed by atoms with van der Waals surface area (Å²) in [6, 6.07) is 13.2. The maximum atomic E-state index is 11.1. The summed E-state index contributed by atoms with van der Waals surface area (Å²) in [6.45, 7) is 3.90. The van der Waals surface area contributed by atoms with Crippen molar-refractivity contribution < 1.29 is 29.2 Å². The molecule has 4 atom stereocenters. The van der Waals surface area contributed by atoms with E-state index in [2.05, 4.69) is 0 Å². The molecule has 162 valence electrons. The van der Waals surface area contributed by atoms with Crippen molar-refractivity contribution in [2.24, 2.45) is 0 Å². The number of ether oxygens (including phenoxy) is 3. The molecule has 0 aromatic heterocycles. The standard InChI is InChI=1S/C23H27ClO6/c1-3-28-18-7-4-15(5-8-18)10-17-11-16(6-9-20(17)24)23-22(27)21(26)12-19(30-23)13-29-14(2)25/h4-9,11,19,21-23,26-27H,3,10,12-13H2,1-2H3/t19-,21-,22-,23-/m0/s1. The van der Waals surface area contributed by atoms with Gasteiger partial charge in [0.2, 0.25) is 0 Å². The maximum Gasteiger partial charge on any atom is 0.302 e. The SMILES string of the molecule is CCOc1ccc(Cc2cc([C@@H]3O[C@H](COC(C)=O)C[C@H](O)[C@@H]3O)ccc2Cl)cc1. The van der Waals surface area contributed by atoms with Gasteiger partial charge in [0.05, 0.1) is 18.8 Å². The molecule has 0 bridgehead atoms. The van der Waals surface area contributed by atoms with Crippen molar-refractivity contribution in [3.8, 4) is 5.75 Å². The Kier molecular flexibility index (Phi) is 7.72. The number of aliphatic hydroxyl groups is 2. The van der Waals surface area contributed by atoms with E-state index in [4.69, 9.17) is 25.8 Å². The molecule has 0 spiro atoms. The second-order valence-electron chi connectivity index (χ2n) is 7.38. The maximum absolute atomic E-state index is 11.1. The zero-order chi connectivity index (χ0) is 21.7. The Labute approximate surface area is 181 Å². The van der Waals surface area contributed by atoms with Crippen molar-refractivity contribution in [1.82, 2.24) is 0 Å². The summed E-state index contributed by atoms with van der Waals surface area (Å²) in [6.07, 6.45) is -2.51. The lowest BCUT2D eigenvalue weighted by atomic mass is 9.91. The summed E-state index contributed by atoms with van der Waals surface area (Å²) in [5, 5.41) is 21.4. The van der Waals surface area contributed by atoms with Crippen LogP contribution in [0.4, 0.5) is 0 Å². The molecule has 1 aliphatic heterocycles. The van der Waals surface area contributed by atoms with Gasteiger partial charge in [0, 0.05) is 18.4 Å². The molecule has 1 saturated heterocycles. The van der Waals surface area contributed by atoms with Crippen molar-refractivity contribution in [2.45, 2.75) is 51.1 Å². The minimum atomic E-state index is -1.09. The molecular formula is C23H27ClO6. The van der Waals surface area contributed by atoms with Gasteiger partial charge in [0.25, 0.3) is 0 Å². The molecule has 7 heteroatoms. The predicted molar refractivity (Wildman–Crippen MR) is 113 cm³/mol. The van der Waals surface area contributed by atoms with E-state index in [1.54, 1.807) is 12.1 Å². The molecule has 30 heavy (non-hydrogen) atoms. The average Bonchev–Trinajstić information content (AvgIpc) is 2.72. The molecule has 0 unspecified atom stereocenters. The van der Waals surface area contributed by atoms with Gasteiger partial charge in [-0.05, 0) is 48.2 Å². The third-order valence-corrected chi connectivity index (χ3v) is 5.42. The highest BCUT2D eigenvalue weighted by Gasteiger charge is 2.38. The quantitative estimate of drug-likeness (QED) is 0.649. The summed E-state index contributed by atoms with van der Waals surface area (Å²) in [4.78, 5) is 11.1. The van der Waals surface area contributed by atoms with Crippen molar-refractivity contribution in [3.63, 3.8) is 0 Å². The van der Waals surface area contributed by atoms with Crippen molar-refractivity contribution >= 4 is 17.6 Å².